The summed E-state index contributed by atoms with van der Waals surface area (Å²) < 4.78 is 0. The lowest BCUT2D eigenvalue weighted by Gasteiger charge is -2.44. The van der Waals surface area contributed by atoms with Gasteiger partial charge < -0.3 is 10.2 Å². The van der Waals surface area contributed by atoms with Crippen molar-refractivity contribution in [2.75, 3.05) is 0 Å². The number of aliphatic hydroxyl groups is 2. The van der Waals surface area contributed by atoms with Crippen LogP contribution < -0.4 is 0 Å². The Morgan fingerprint density at radius 2 is 1.73 bits per heavy atom. The molecule has 5 atom stereocenters. The SMILES string of the molecule is C=C1CCC(O)(O)CC1=CC=C1CCC[C@@]2(C)C1CC[C@@H]2[C@H](C)C=C[C@H](C)C(C)C. The molecule has 168 valence electrons. The standard InChI is InChI=1S/C28H44O2/c1-19(2)20(3)9-10-22(5)25-13-14-26-23(8-7-16-27(25,26)6)11-12-24-18-28(29,30)17-15-21(24)4/h9-12,19-20,22,25-26,29-30H,4,7-8,13-18H2,1-3,5-6H3/t20-,22+,25+,26?,27+/m0/s1. The first kappa shape index (κ1) is 23.5. The van der Waals surface area contributed by atoms with Crippen LogP contribution in [0.15, 0.2) is 47.6 Å². The van der Waals surface area contributed by atoms with E-state index in [1.54, 1.807) is 5.57 Å². The number of hydrogen-bond acceptors (Lipinski definition) is 2. The zero-order chi connectivity index (χ0) is 22.1. The predicted molar refractivity (Wildman–Crippen MR) is 127 cm³/mol. The molecule has 0 bridgehead atoms. The molecule has 0 heterocycles. The highest BCUT2D eigenvalue weighted by Gasteiger charge is 2.50. The van der Waals surface area contributed by atoms with Crippen molar-refractivity contribution in [2.45, 2.75) is 91.8 Å². The second kappa shape index (κ2) is 9.17. The molecule has 0 aromatic carbocycles. The molecule has 3 aliphatic rings. The average molecular weight is 413 g/mol. The summed E-state index contributed by atoms with van der Waals surface area (Å²) >= 11 is 0. The summed E-state index contributed by atoms with van der Waals surface area (Å²) in [5, 5.41) is 20.1. The van der Waals surface area contributed by atoms with Gasteiger partial charge in [-0.2, -0.15) is 0 Å². The van der Waals surface area contributed by atoms with Crippen molar-refractivity contribution in [1.29, 1.82) is 0 Å². The topological polar surface area (TPSA) is 40.5 Å². The predicted octanol–water partition coefficient (Wildman–Crippen LogP) is 6.96. The van der Waals surface area contributed by atoms with Crippen LogP contribution >= 0.6 is 0 Å². The fourth-order valence-electron chi connectivity index (χ4n) is 6.26. The summed E-state index contributed by atoms with van der Waals surface area (Å²) in [7, 11) is 0. The van der Waals surface area contributed by atoms with Gasteiger partial charge >= 0.3 is 0 Å². The van der Waals surface area contributed by atoms with E-state index in [9.17, 15) is 10.2 Å². The summed E-state index contributed by atoms with van der Waals surface area (Å²) in [5.74, 6) is 1.81. The maximum Gasteiger partial charge on any atom is 0.166 e. The number of allylic oxidation sites excluding steroid dienone is 6. The van der Waals surface area contributed by atoms with E-state index in [0.717, 1.165) is 17.1 Å². The minimum absolute atomic E-state index is 0.302. The molecule has 30 heavy (non-hydrogen) atoms. The first-order valence-corrected chi connectivity index (χ1v) is 12.2. The van der Waals surface area contributed by atoms with Crippen LogP contribution in [-0.2, 0) is 0 Å². The average Bonchev–Trinajstić information content (AvgIpc) is 3.04. The van der Waals surface area contributed by atoms with Gasteiger partial charge in [0.1, 0.15) is 0 Å². The molecule has 2 nitrogen and oxygen atoms in total. The molecule has 0 aromatic rings. The van der Waals surface area contributed by atoms with Crippen molar-refractivity contribution in [3.05, 3.63) is 47.6 Å². The minimum atomic E-state index is -1.57. The normalized spacial score (nSPS) is 36.6. The molecule has 3 rings (SSSR count). The zero-order valence-corrected chi connectivity index (χ0v) is 20.0. The molecule has 0 amide bonds. The second-order valence-electron chi connectivity index (χ2n) is 11.1. The smallest absolute Gasteiger partial charge is 0.166 e. The van der Waals surface area contributed by atoms with Crippen molar-refractivity contribution in [3.63, 3.8) is 0 Å². The molecule has 1 unspecified atom stereocenters. The van der Waals surface area contributed by atoms with E-state index < -0.39 is 5.79 Å². The number of hydrogen-bond donors (Lipinski definition) is 2. The number of rotatable bonds is 5. The van der Waals surface area contributed by atoms with Gasteiger partial charge in [-0.15, -0.1) is 0 Å². The zero-order valence-electron chi connectivity index (χ0n) is 20.0. The molecule has 0 saturated heterocycles. The molecular formula is C28H44O2. The van der Waals surface area contributed by atoms with Gasteiger partial charge in [0.2, 0.25) is 0 Å². The fourth-order valence-corrected chi connectivity index (χ4v) is 6.26. The number of fused-ring (bicyclic) bond motifs is 1. The molecule has 2 heteroatoms. The van der Waals surface area contributed by atoms with E-state index in [1.807, 2.05) is 0 Å². The van der Waals surface area contributed by atoms with Gasteiger partial charge in [0, 0.05) is 12.8 Å². The monoisotopic (exact) mass is 412 g/mol. The van der Waals surface area contributed by atoms with Gasteiger partial charge in [-0.25, -0.2) is 0 Å². The van der Waals surface area contributed by atoms with Gasteiger partial charge in [-0.1, -0.05) is 76.6 Å². The van der Waals surface area contributed by atoms with Crippen LogP contribution in [0.25, 0.3) is 0 Å². The van der Waals surface area contributed by atoms with Crippen LogP contribution in [0, 0.1) is 35.0 Å². The molecule has 3 aliphatic carbocycles. The molecule has 0 spiro atoms. The van der Waals surface area contributed by atoms with Gasteiger partial charge in [0.15, 0.2) is 5.79 Å². The van der Waals surface area contributed by atoms with Gasteiger partial charge in [-0.05, 0) is 79.1 Å². The molecule has 2 N–H and O–H groups in total. The Labute approximate surface area is 184 Å². The Kier molecular flexibility index (Phi) is 7.19. The van der Waals surface area contributed by atoms with E-state index in [0.29, 0.717) is 48.3 Å². The third kappa shape index (κ3) is 5.02. The molecule has 3 fully saturated rings. The molecule has 0 radical (unpaired) electrons. The fraction of sp³-hybridized carbons (Fsp3) is 0.714. The Morgan fingerprint density at radius 3 is 2.43 bits per heavy atom. The molecular weight excluding hydrogens is 368 g/mol. The highest BCUT2D eigenvalue weighted by atomic mass is 16.5. The Hall–Kier alpha value is -1.12. The third-order valence-corrected chi connectivity index (χ3v) is 8.70. The lowest BCUT2D eigenvalue weighted by molar-refractivity contribution is -0.166. The maximum absolute atomic E-state index is 10.1. The van der Waals surface area contributed by atoms with Crippen molar-refractivity contribution in [1.82, 2.24) is 0 Å². The largest absolute Gasteiger partial charge is 0.365 e. The van der Waals surface area contributed by atoms with Crippen LogP contribution in [0.1, 0.15) is 86.0 Å². The van der Waals surface area contributed by atoms with E-state index in [2.05, 4.69) is 65.5 Å². The maximum atomic E-state index is 10.1. The summed E-state index contributed by atoms with van der Waals surface area (Å²) in [6.45, 7) is 16.1. The molecule has 0 aromatic heterocycles. The van der Waals surface area contributed by atoms with Gasteiger partial charge in [0.05, 0.1) is 0 Å². The second-order valence-corrected chi connectivity index (χ2v) is 11.1. The van der Waals surface area contributed by atoms with Crippen LogP contribution in [0.2, 0.25) is 0 Å². The first-order chi connectivity index (χ1) is 14.0. The van der Waals surface area contributed by atoms with Crippen LogP contribution in [0.5, 0.6) is 0 Å². The highest BCUT2D eigenvalue weighted by molar-refractivity contribution is 5.37. The quantitative estimate of drug-likeness (QED) is 0.378. The van der Waals surface area contributed by atoms with Gasteiger partial charge in [0.25, 0.3) is 0 Å². The minimum Gasteiger partial charge on any atom is -0.365 e. The van der Waals surface area contributed by atoms with Crippen LogP contribution in [-0.4, -0.2) is 16.0 Å². The molecule has 3 saturated carbocycles. The Bertz CT molecular complexity index is 723. The summed E-state index contributed by atoms with van der Waals surface area (Å²) in [4.78, 5) is 0. The summed E-state index contributed by atoms with van der Waals surface area (Å²) in [6, 6.07) is 0. The Balaban J connectivity index is 1.76. The van der Waals surface area contributed by atoms with Crippen molar-refractivity contribution in [3.8, 4) is 0 Å². The Morgan fingerprint density at radius 1 is 1.00 bits per heavy atom. The lowest BCUT2D eigenvalue weighted by Crippen LogP contribution is -2.35. The van der Waals surface area contributed by atoms with Crippen molar-refractivity contribution in [2.24, 2.45) is 35.0 Å². The first-order valence-electron chi connectivity index (χ1n) is 12.2. The van der Waals surface area contributed by atoms with E-state index in [1.165, 1.54) is 32.1 Å². The lowest BCUT2D eigenvalue weighted by atomic mass is 9.61. The van der Waals surface area contributed by atoms with Crippen LogP contribution in [0.4, 0.5) is 0 Å². The summed E-state index contributed by atoms with van der Waals surface area (Å²) in [5.41, 5.74) is 4.03. The van der Waals surface area contributed by atoms with E-state index >= 15 is 0 Å². The highest BCUT2D eigenvalue weighted by Crippen LogP contribution is 2.59. The van der Waals surface area contributed by atoms with E-state index in [4.69, 9.17) is 0 Å². The summed E-state index contributed by atoms with van der Waals surface area (Å²) in [6.07, 6.45) is 17.2. The van der Waals surface area contributed by atoms with Gasteiger partial charge in [-0.3, -0.25) is 0 Å². The van der Waals surface area contributed by atoms with Crippen molar-refractivity contribution >= 4 is 0 Å². The van der Waals surface area contributed by atoms with Crippen molar-refractivity contribution < 1.29 is 10.2 Å². The van der Waals surface area contributed by atoms with Crippen LogP contribution in [0.3, 0.4) is 0 Å². The molecule has 0 aliphatic heterocycles. The third-order valence-electron chi connectivity index (χ3n) is 8.70. The van der Waals surface area contributed by atoms with E-state index in [-0.39, 0.29) is 0 Å².